The quantitative estimate of drug-likeness (QED) is 0.776. The van der Waals surface area contributed by atoms with Crippen LogP contribution in [0.15, 0.2) is 36.7 Å². The van der Waals surface area contributed by atoms with E-state index < -0.39 is 5.82 Å². The lowest BCUT2D eigenvalue weighted by atomic mass is 9.97. The van der Waals surface area contributed by atoms with Crippen molar-refractivity contribution in [2.45, 2.75) is 19.8 Å². The highest BCUT2D eigenvalue weighted by Crippen LogP contribution is 2.27. The van der Waals surface area contributed by atoms with Gasteiger partial charge in [0.25, 0.3) is 0 Å². The number of ether oxygens (including phenoxy) is 2. The zero-order valence-corrected chi connectivity index (χ0v) is 14.0. The van der Waals surface area contributed by atoms with E-state index in [1.807, 2.05) is 6.92 Å². The molecule has 0 N–H and O–H groups in total. The molecule has 25 heavy (non-hydrogen) atoms. The summed E-state index contributed by atoms with van der Waals surface area (Å²) >= 11 is 0. The maximum Gasteiger partial charge on any atom is 0.309 e. The third kappa shape index (κ3) is 4.23. The van der Waals surface area contributed by atoms with Gasteiger partial charge in [0.15, 0.2) is 11.6 Å². The van der Waals surface area contributed by atoms with E-state index in [0.717, 1.165) is 0 Å². The Morgan fingerprint density at radius 2 is 2.04 bits per heavy atom. The van der Waals surface area contributed by atoms with Crippen LogP contribution >= 0.6 is 0 Å². The van der Waals surface area contributed by atoms with Gasteiger partial charge in [0, 0.05) is 19.2 Å². The molecule has 1 aromatic carbocycles. The summed E-state index contributed by atoms with van der Waals surface area (Å²) in [4.78, 5) is 22.2. The summed E-state index contributed by atoms with van der Waals surface area (Å²) < 4.78 is 24.3. The van der Waals surface area contributed by atoms with E-state index in [9.17, 15) is 9.18 Å². The zero-order chi connectivity index (χ0) is 17.6. The number of nitrogens with zero attached hydrogens (tertiary/aromatic N) is 3. The molecule has 0 bridgehead atoms. The molecular formula is C18H20FN3O3. The van der Waals surface area contributed by atoms with Gasteiger partial charge >= 0.3 is 5.97 Å². The summed E-state index contributed by atoms with van der Waals surface area (Å²) in [6.45, 7) is 3.60. The normalized spacial score (nSPS) is 15.0. The monoisotopic (exact) mass is 345 g/mol. The van der Waals surface area contributed by atoms with Crippen molar-refractivity contribution in [3.63, 3.8) is 0 Å². The molecule has 0 amide bonds. The molecule has 0 aliphatic carbocycles. The Morgan fingerprint density at radius 3 is 2.76 bits per heavy atom. The van der Waals surface area contributed by atoms with Crippen molar-refractivity contribution < 1.29 is 18.7 Å². The van der Waals surface area contributed by atoms with Gasteiger partial charge in [0.05, 0.1) is 12.5 Å². The van der Waals surface area contributed by atoms with Crippen molar-refractivity contribution in [1.82, 2.24) is 9.97 Å². The Balaban J connectivity index is 1.64. The summed E-state index contributed by atoms with van der Waals surface area (Å²) in [5, 5.41) is 0. The average molecular weight is 345 g/mol. The van der Waals surface area contributed by atoms with Crippen LogP contribution in [0.5, 0.6) is 11.6 Å². The van der Waals surface area contributed by atoms with Crippen LogP contribution in [0.4, 0.5) is 10.2 Å². The lowest BCUT2D eigenvalue weighted by Crippen LogP contribution is -2.37. The molecule has 0 saturated carbocycles. The van der Waals surface area contributed by atoms with Crippen LogP contribution in [0, 0.1) is 11.7 Å². The van der Waals surface area contributed by atoms with Gasteiger partial charge in [-0.25, -0.2) is 14.4 Å². The molecule has 2 aromatic rings. The molecule has 1 aliphatic heterocycles. The van der Waals surface area contributed by atoms with Gasteiger partial charge in [-0.05, 0) is 31.9 Å². The van der Waals surface area contributed by atoms with Gasteiger partial charge in [-0.2, -0.15) is 0 Å². The number of piperidine rings is 1. The van der Waals surface area contributed by atoms with Crippen molar-refractivity contribution in [3.8, 4) is 11.6 Å². The minimum atomic E-state index is -0.446. The Kier molecular flexibility index (Phi) is 5.42. The number of para-hydroxylation sites is 1. The fraction of sp³-hybridized carbons (Fsp3) is 0.389. The lowest BCUT2D eigenvalue weighted by Gasteiger charge is -2.31. The third-order valence-electron chi connectivity index (χ3n) is 4.12. The van der Waals surface area contributed by atoms with E-state index in [-0.39, 0.29) is 23.5 Å². The van der Waals surface area contributed by atoms with Crippen LogP contribution in [-0.4, -0.2) is 35.6 Å². The minimum Gasteiger partial charge on any atom is -0.466 e. The fourth-order valence-electron chi connectivity index (χ4n) is 2.80. The SMILES string of the molecule is CCOC(=O)C1CCN(c2cc(Oc3ccccc3F)ncn2)CC1. The number of benzene rings is 1. The highest BCUT2D eigenvalue weighted by atomic mass is 19.1. The van der Waals surface area contributed by atoms with Gasteiger partial charge in [0.2, 0.25) is 5.88 Å². The minimum absolute atomic E-state index is 0.0628. The Bertz CT molecular complexity index is 733. The van der Waals surface area contributed by atoms with E-state index in [1.165, 1.54) is 12.4 Å². The first-order valence-electron chi connectivity index (χ1n) is 8.33. The molecule has 6 nitrogen and oxygen atoms in total. The van der Waals surface area contributed by atoms with Crippen LogP contribution in [0.2, 0.25) is 0 Å². The fourth-order valence-corrected chi connectivity index (χ4v) is 2.80. The largest absolute Gasteiger partial charge is 0.466 e. The number of hydrogen-bond donors (Lipinski definition) is 0. The summed E-state index contributed by atoms with van der Waals surface area (Å²) in [5.41, 5.74) is 0. The predicted molar refractivity (Wildman–Crippen MR) is 90.1 cm³/mol. The van der Waals surface area contributed by atoms with E-state index >= 15 is 0 Å². The third-order valence-corrected chi connectivity index (χ3v) is 4.12. The second-order valence-electron chi connectivity index (χ2n) is 5.76. The zero-order valence-electron chi connectivity index (χ0n) is 14.0. The van der Waals surface area contributed by atoms with Crippen LogP contribution in [-0.2, 0) is 9.53 Å². The van der Waals surface area contributed by atoms with Crippen LogP contribution in [0.3, 0.4) is 0 Å². The van der Waals surface area contributed by atoms with E-state index in [1.54, 1.807) is 24.3 Å². The highest BCUT2D eigenvalue weighted by Gasteiger charge is 2.26. The van der Waals surface area contributed by atoms with Crippen molar-refractivity contribution in [3.05, 3.63) is 42.5 Å². The first-order valence-corrected chi connectivity index (χ1v) is 8.33. The Hall–Kier alpha value is -2.70. The molecule has 7 heteroatoms. The van der Waals surface area contributed by atoms with E-state index in [0.29, 0.717) is 38.4 Å². The molecule has 132 valence electrons. The van der Waals surface area contributed by atoms with E-state index in [2.05, 4.69) is 14.9 Å². The number of carbonyl (C=O) groups excluding carboxylic acids is 1. The van der Waals surface area contributed by atoms with Gasteiger partial charge in [0.1, 0.15) is 12.1 Å². The maximum absolute atomic E-state index is 13.7. The number of anilines is 1. The molecule has 0 radical (unpaired) electrons. The molecular weight excluding hydrogens is 325 g/mol. The van der Waals surface area contributed by atoms with Gasteiger partial charge in [-0.1, -0.05) is 12.1 Å². The molecule has 1 aromatic heterocycles. The standard InChI is InChI=1S/C18H20FN3O3/c1-2-24-18(23)13-7-9-22(10-8-13)16-11-17(21-12-20-16)25-15-6-4-3-5-14(15)19/h3-6,11-13H,2,7-10H2,1H3. The lowest BCUT2D eigenvalue weighted by molar-refractivity contribution is -0.148. The molecule has 1 saturated heterocycles. The van der Waals surface area contributed by atoms with Crippen molar-refractivity contribution >= 4 is 11.8 Å². The number of carbonyl (C=O) groups is 1. The van der Waals surface area contributed by atoms with E-state index in [4.69, 9.17) is 9.47 Å². The molecule has 0 atom stereocenters. The topological polar surface area (TPSA) is 64.5 Å². The first-order chi connectivity index (χ1) is 12.2. The second-order valence-corrected chi connectivity index (χ2v) is 5.76. The summed E-state index contributed by atoms with van der Waals surface area (Å²) in [5.74, 6) is 0.456. The van der Waals surface area contributed by atoms with Crippen LogP contribution < -0.4 is 9.64 Å². The van der Waals surface area contributed by atoms with Gasteiger partial charge in [-0.3, -0.25) is 4.79 Å². The van der Waals surface area contributed by atoms with Crippen molar-refractivity contribution in [2.75, 3.05) is 24.6 Å². The summed E-state index contributed by atoms with van der Waals surface area (Å²) in [7, 11) is 0. The number of rotatable bonds is 5. The van der Waals surface area contributed by atoms with Crippen molar-refractivity contribution in [1.29, 1.82) is 0 Å². The molecule has 1 fully saturated rings. The van der Waals surface area contributed by atoms with Crippen LogP contribution in [0.1, 0.15) is 19.8 Å². The molecule has 0 unspecified atom stereocenters. The van der Waals surface area contributed by atoms with Gasteiger partial charge in [-0.15, -0.1) is 0 Å². The number of esters is 1. The number of hydrogen-bond acceptors (Lipinski definition) is 6. The first kappa shape index (κ1) is 17.1. The molecule has 2 heterocycles. The maximum atomic E-state index is 13.7. The van der Waals surface area contributed by atoms with Crippen LogP contribution in [0.25, 0.3) is 0 Å². The average Bonchev–Trinajstić information content (AvgIpc) is 2.64. The van der Waals surface area contributed by atoms with Gasteiger partial charge < -0.3 is 14.4 Å². The summed E-state index contributed by atoms with van der Waals surface area (Å²) in [6, 6.07) is 7.85. The van der Waals surface area contributed by atoms with Crippen molar-refractivity contribution in [2.24, 2.45) is 5.92 Å². The smallest absolute Gasteiger partial charge is 0.309 e. The number of aromatic nitrogens is 2. The Labute approximate surface area is 145 Å². The molecule has 0 spiro atoms. The highest BCUT2D eigenvalue weighted by molar-refractivity contribution is 5.72. The molecule has 1 aliphatic rings. The molecule has 3 rings (SSSR count). The Morgan fingerprint density at radius 1 is 1.28 bits per heavy atom. The summed E-state index contributed by atoms with van der Waals surface area (Å²) in [6.07, 6.45) is 2.82. The predicted octanol–water partition coefficient (Wildman–Crippen LogP) is 3.19. The number of halogens is 1. The second kappa shape index (κ2) is 7.92.